The first-order valence-corrected chi connectivity index (χ1v) is 23.6. The molecule has 6 aliphatic heterocycles. The van der Waals surface area contributed by atoms with E-state index >= 15 is 0 Å². The van der Waals surface area contributed by atoms with Crippen LogP contribution in [-0.2, 0) is 56.9 Å². The Hall–Kier alpha value is -2.09. The van der Waals surface area contributed by atoms with Gasteiger partial charge in [0.05, 0.1) is 55.4 Å². The highest BCUT2D eigenvalue weighted by Gasteiger charge is 2.61. The van der Waals surface area contributed by atoms with Gasteiger partial charge in [0.25, 0.3) is 0 Å². The van der Waals surface area contributed by atoms with Crippen molar-refractivity contribution in [2.24, 2.45) is 23.7 Å². The number of aliphatic hydroxyl groups is 3. The van der Waals surface area contributed by atoms with E-state index in [1.54, 1.807) is 34.3 Å². The highest BCUT2D eigenvalue weighted by atomic mass is 16.7. The van der Waals surface area contributed by atoms with E-state index in [0.29, 0.717) is 31.3 Å². The van der Waals surface area contributed by atoms with Crippen molar-refractivity contribution in [2.75, 3.05) is 27.9 Å². The molecule has 1 aliphatic carbocycles. The smallest absolute Gasteiger partial charge is 0.316 e. The van der Waals surface area contributed by atoms with Crippen molar-refractivity contribution < 1.29 is 72.2 Å². The molecule has 0 aromatic carbocycles. The molecule has 7 rings (SSSR count). The largest absolute Gasteiger partial charge is 0.462 e. The topological polar surface area (TPSA) is 179 Å². The van der Waals surface area contributed by atoms with Crippen LogP contribution < -0.4 is 0 Å². The van der Waals surface area contributed by atoms with Gasteiger partial charge in [0.1, 0.15) is 42.0 Å². The minimum absolute atomic E-state index is 0.0971. The lowest BCUT2D eigenvalue weighted by atomic mass is 9.70. The highest BCUT2D eigenvalue weighted by Crippen LogP contribution is 2.48. The zero-order valence-corrected chi connectivity index (χ0v) is 39.8. The number of allylic oxidation sites excluding steroid dienone is 2. The number of methoxy groups -OCH3 is 3. The third-order valence-corrected chi connectivity index (χ3v) is 15.3. The Morgan fingerprint density at radius 3 is 2.27 bits per heavy atom. The van der Waals surface area contributed by atoms with E-state index in [-0.39, 0.29) is 49.4 Å². The number of esters is 1. The summed E-state index contributed by atoms with van der Waals surface area (Å²) in [5, 5.41) is 34.8. The first-order chi connectivity index (χ1) is 30.4. The fourth-order valence-electron chi connectivity index (χ4n) is 11.3. The molecule has 0 radical (unpaired) electrons. The van der Waals surface area contributed by atoms with Gasteiger partial charge < -0.3 is 67.4 Å². The molecule has 21 atom stereocenters. The van der Waals surface area contributed by atoms with Crippen molar-refractivity contribution in [2.45, 2.75) is 204 Å². The number of carbonyl (C=O) groups is 1. The fourth-order valence-corrected chi connectivity index (χ4v) is 11.3. The Morgan fingerprint density at radius 1 is 0.859 bits per heavy atom. The molecule has 0 aromatic rings. The van der Waals surface area contributed by atoms with Crippen LogP contribution in [0.15, 0.2) is 47.1 Å². The maximum Gasteiger partial charge on any atom is 0.316 e. The van der Waals surface area contributed by atoms with Crippen LogP contribution in [0, 0.1) is 23.7 Å². The van der Waals surface area contributed by atoms with E-state index in [9.17, 15) is 20.1 Å². The summed E-state index contributed by atoms with van der Waals surface area (Å²) in [4.78, 5) is 14.5. The molecule has 15 heteroatoms. The van der Waals surface area contributed by atoms with Crippen LogP contribution in [0.4, 0.5) is 0 Å². The van der Waals surface area contributed by atoms with Crippen LogP contribution in [-0.4, -0.2) is 153 Å². The Balaban J connectivity index is 1.20. The van der Waals surface area contributed by atoms with Crippen molar-refractivity contribution in [1.29, 1.82) is 0 Å². The molecule has 64 heavy (non-hydrogen) atoms. The van der Waals surface area contributed by atoms with Gasteiger partial charge in [-0.15, -0.1) is 0 Å². The summed E-state index contributed by atoms with van der Waals surface area (Å²) in [6.45, 7) is 16.1. The predicted octanol–water partition coefficient (Wildman–Crippen LogP) is 5.23. The molecule has 3 N–H and O–H groups in total. The number of rotatable bonds is 9. The predicted molar refractivity (Wildman–Crippen MR) is 234 cm³/mol. The molecule has 15 nitrogen and oxygen atoms in total. The van der Waals surface area contributed by atoms with Crippen LogP contribution in [0.2, 0.25) is 0 Å². The van der Waals surface area contributed by atoms with E-state index in [1.165, 1.54) is 0 Å². The first kappa shape index (κ1) is 49.8. The maximum absolute atomic E-state index is 14.5. The molecule has 6 heterocycles. The second-order valence-electron chi connectivity index (χ2n) is 19.7. The molecule has 7 aliphatic rings. The first-order valence-electron chi connectivity index (χ1n) is 23.6. The van der Waals surface area contributed by atoms with E-state index in [1.807, 2.05) is 45.9 Å². The van der Waals surface area contributed by atoms with Gasteiger partial charge in [-0.1, -0.05) is 64.5 Å². The summed E-state index contributed by atoms with van der Waals surface area (Å²) >= 11 is 0. The maximum atomic E-state index is 14.5. The Labute approximate surface area is 379 Å². The summed E-state index contributed by atoms with van der Waals surface area (Å²) in [6.07, 6.45) is 4.40. The second-order valence-corrected chi connectivity index (χ2v) is 19.7. The Bertz CT molecular complexity index is 1730. The van der Waals surface area contributed by atoms with Gasteiger partial charge in [-0.25, -0.2) is 0 Å². The Kier molecular flexibility index (Phi) is 16.1. The van der Waals surface area contributed by atoms with E-state index in [2.05, 4.69) is 26.8 Å². The van der Waals surface area contributed by atoms with Crippen LogP contribution in [0.3, 0.4) is 0 Å². The Morgan fingerprint density at radius 2 is 1.56 bits per heavy atom. The second kappa shape index (κ2) is 20.6. The lowest BCUT2D eigenvalue weighted by Gasteiger charge is -2.52. The van der Waals surface area contributed by atoms with Gasteiger partial charge in [0, 0.05) is 65.3 Å². The van der Waals surface area contributed by atoms with Crippen molar-refractivity contribution in [1.82, 2.24) is 0 Å². The monoisotopic (exact) mass is 905 g/mol. The summed E-state index contributed by atoms with van der Waals surface area (Å²) in [6, 6.07) is 0. The van der Waals surface area contributed by atoms with Crippen molar-refractivity contribution in [3.8, 4) is 0 Å². The zero-order valence-electron chi connectivity index (χ0n) is 39.8. The summed E-state index contributed by atoms with van der Waals surface area (Å²) < 4.78 is 69.9. The fraction of sp³-hybridized carbons (Fsp3) is 0.816. The lowest BCUT2D eigenvalue weighted by Crippen LogP contribution is -2.60. The molecule has 362 valence electrons. The SMILES string of the molecule is CCC(C)[C@H]1O[C@]2(CC(O)[C@@H]1C)C[C@@H]1CC(C/C=C(\C)[C@@H](OC3CC(OC)C(OC4CC(OC)C(O)C(C)O4)C(C)O3)[C@@H](C)/C=C/C=C3\CO[C@@H]4[C@H](OC)C(C)=C[C@@H](C(=O)O1)[C@]34O)O2. The molecule has 2 bridgehead atoms. The molecular weight excluding hydrogens is 829 g/mol. The summed E-state index contributed by atoms with van der Waals surface area (Å²) in [7, 11) is 4.79. The molecule has 5 fully saturated rings. The quantitative estimate of drug-likeness (QED) is 0.202. The van der Waals surface area contributed by atoms with E-state index in [0.717, 1.165) is 17.6 Å². The average Bonchev–Trinajstić information content (AvgIpc) is 3.59. The molecule has 0 aromatic heterocycles. The van der Waals surface area contributed by atoms with Crippen molar-refractivity contribution in [3.63, 3.8) is 0 Å². The third-order valence-electron chi connectivity index (χ3n) is 15.3. The highest BCUT2D eigenvalue weighted by molar-refractivity contribution is 5.78. The van der Waals surface area contributed by atoms with Gasteiger partial charge in [-0.05, 0) is 56.8 Å². The van der Waals surface area contributed by atoms with Gasteiger partial charge in [-0.2, -0.15) is 0 Å². The molecule has 0 amide bonds. The number of aliphatic hydroxyl groups excluding tert-OH is 2. The minimum atomic E-state index is -1.74. The van der Waals surface area contributed by atoms with Gasteiger partial charge >= 0.3 is 5.97 Å². The van der Waals surface area contributed by atoms with Crippen LogP contribution >= 0.6 is 0 Å². The summed E-state index contributed by atoms with van der Waals surface area (Å²) in [5.74, 6) is -2.98. The van der Waals surface area contributed by atoms with Crippen molar-refractivity contribution in [3.05, 3.63) is 47.1 Å². The van der Waals surface area contributed by atoms with Crippen molar-refractivity contribution >= 4 is 5.97 Å². The van der Waals surface area contributed by atoms with Crippen LogP contribution in [0.1, 0.15) is 100 Å². The number of hydrogen-bond acceptors (Lipinski definition) is 15. The van der Waals surface area contributed by atoms with E-state index < -0.39 is 103 Å². The molecule has 1 spiro atoms. The number of carbonyl (C=O) groups excluding carboxylic acids is 1. The molecule has 5 saturated heterocycles. The van der Waals surface area contributed by atoms with E-state index in [4.69, 9.17) is 52.1 Å². The average molecular weight is 905 g/mol. The van der Waals surface area contributed by atoms with Crippen LogP contribution in [0.5, 0.6) is 0 Å². The van der Waals surface area contributed by atoms with Gasteiger partial charge in [-0.3, -0.25) is 4.79 Å². The summed E-state index contributed by atoms with van der Waals surface area (Å²) in [5.41, 5.74) is 0.516. The standard InChI is InChI=1S/C49H76O15/c1-12-25(2)43-29(6)36(50)23-48(64-43)22-34-19-33(63-48)17-16-27(4)42(61-40-21-38(55-10)45(31(8)59-40)62-39-20-37(54-9)41(51)30(7)58-39)26(3)14-13-15-32-24-57-46-44(56-11)28(5)18-35(47(52)60-34)49(32,46)53/h13-16,18,25-26,29-31,33-46,50-51,53H,12,17,19-24H2,1-11H3/b14-13+,27-16+,32-15+/t25?,26-,29-,30?,31?,33?,34-,35-,36?,37?,38?,39?,40?,41?,42-,43+,44+,45?,46+,48-,49+/m0/s1. The third kappa shape index (κ3) is 10.0. The lowest BCUT2D eigenvalue weighted by molar-refractivity contribution is -0.354. The molecule has 11 unspecified atom stereocenters. The van der Waals surface area contributed by atoms with Crippen LogP contribution in [0.25, 0.3) is 0 Å². The van der Waals surface area contributed by atoms with Gasteiger partial charge in [0.15, 0.2) is 18.4 Å². The van der Waals surface area contributed by atoms with Gasteiger partial charge in [0.2, 0.25) is 0 Å². The minimum Gasteiger partial charge on any atom is -0.462 e. The molecular formula is C49H76O15. The normalized spacial score (nSPS) is 49.4. The number of fused-ring (bicyclic) bond motifs is 2. The number of hydrogen-bond donors (Lipinski definition) is 3. The molecule has 0 saturated carbocycles. The zero-order chi connectivity index (χ0) is 46.2. The number of ether oxygens (including phenoxy) is 11.